The summed E-state index contributed by atoms with van der Waals surface area (Å²) >= 11 is 0. The highest BCUT2D eigenvalue weighted by molar-refractivity contribution is 5.83. The predicted molar refractivity (Wildman–Crippen MR) is 287 cm³/mol. The van der Waals surface area contributed by atoms with E-state index >= 15 is 0 Å². The second kappa shape index (κ2) is 25.7. The van der Waals surface area contributed by atoms with E-state index in [1.54, 1.807) is 0 Å². The molecule has 0 aromatic carbocycles. The topological polar surface area (TPSA) is 442 Å². The van der Waals surface area contributed by atoms with Crippen molar-refractivity contribution in [2.45, 2.75) is 271 Å². The van der Waals surface area contributed by atoms with E-state index in [9.17, 15) is 86.5 Å². The van der Waals surface area contributed by atoms with Crippen LogP contribution in [-0.4, -0.2) is 292 Å². The van der Waals surface area contributed by atoms with Crippen LogP contribution in [0.5, 0.6) is 0 Å². The highest BCUT2D eigenvalue weighted by Crippen LogP contribution is 2.75. The Balaban J connectivity index is 0.867. The lowest BCUT2D eigenvalue weighted by Gasteiger charge is -2.64. The summed E-state index contributed by atoms with van der Waals surface area (Å²) in [6, 6.07) is 0. The lowest BCUT2D eigenvalue weighted by molar-refractivity contribution is -0.406. The van der Waals surface area contributed by atoms with Crippen LogP contribution in [-0.2, 0) is 56.9 Å². The first-order valence-electron chi connectivity index (χ1n) is 30.7. The molecule has 0 radical (unpaired) electrons. The second-order valence-electron chi connectivity index (χ2n) is 26.8. The van der Waals surface area contributed by atoms with Crippen molar-refractivity contribution in [2.75, 3.05) is 39.6 Å². The number of aliphatic hydroxyl groups is 16. The summed E-state index contributed by atoms with van der Waals surface area (Å²) in [6.45, 7) is 8.16. The van der Waals surface area contributed by atoms with E-state index in [0.717, 1.165) is 25.7 Å². The Morgan fingerprint density at radius 1 is 0.558 bits per heavy atom. The molecule has 6 aliphatic heterocycles. The van der Waals surface area contributed by atoms with Gasteiger partial charge in [0.25, 0.3) is 0 Å². The molecule has 6 saturated heterocycles. The smallest absolute Gasteiger partial charge is 0.187 e. The van der Waals surface area contributed by atoms with E-state index < -0.39 is 216 Å². The Morgan fingerprint density at radius 2 is 1.13 bits per heavy atom. The highest BCUT2D eigenvalue weighted by Gasteiger charge is 2.72. The molecule has 0 aromatic heterocycles. The summed E-state index contributed by atoms with van der Waals surface area (Å²) in [4.78, 5) is 13.0. The van der Waals surface area contributed by atoms with Crippen LogP contribution in [0.1, 0.15) is 106 Å². The Labute approximate surface area is 498 Å². The number of hydrogen-bond donors (Lipinski definition) is 16. The normalized spacial score (nSPS) is 53.0. The fourth-order valence-corrected chi connectivity index (χ4v) is 17.2. The van der Waals surface area contributed by atoms with Crippen molar-refractivity contribution in [3.63, 3.8) is 0 Å². The van der Waals surface area contributed by atoms with Crippen LogP contribution in [0.25, 0.3) is 0 Å². The SMILES string of the molecule is CCC(=O)[C@@H]1C[C@@H](C)[C@]2(CC[C@@]3(C)C4=C(CC[C@@]32C)[C@@]2(C)CC[C@H](O[C@@H]3O[C@H](CO[C@@H]5OC[C@H](O)[C@H](O)[C@@H]5O[C@@H]5O[C@H](CO)[C@@H](O)[C@H](O[C@@H]6O[C@H](CO)[C@@H](O)[C@H](O)[C@H]6O)[C@H]5O[C@@H]5O[C@@H](C)[C@H](O)[C@@H](O)[C@H]5O)[C@@H](O)[C@H](O)[C@H]3O)C(CO)(CO)[C@@H]2CC4)O1. The van der Waals surface area contributed by atoms with Gasteiger partial charge in [0.2, 0.25) is 0 Å². The zero-order valence-electron chi connectivity index (χ0n) is 49.5. The van der Waals surface area contributed by atoms with Crippen molar-refractivity contribution in [1.82, 2.24) is 0 Å². The van der Waals surface area contributed by atoms with E-state index in [1.807, 2.05) is 6.92 Å². The van der Waals surface area contributed by atoms with Crippen LogP contribution in [0, 0.1) is 33.5 Å². The molecule has 16 N–H and O–H groups in total. The highest BCUT2D eigenvalue weighted by atomic mass is 16.8. The van der Waals surface area contributed by atoms with Gasteiger partial charge in [0, 0.05) is 17.3 Å². The van der Waals surface area contributed by atoms with Crippen LogP contribution in [0.3, 0.4) is 0 Å². The Bertz CT molecular complexity index is 2370. The molecule has 8 fully saturated rings. The van der Waals surface area contributed by atoms with Crippen LogP contribution >= 0.6 is 0 Å². The van der Waals surface area contributed by atoms with Crippen molar-refractivity contribution < 1.29 is 139 Å². The number of ether oxygens (including phenoxy) is 11. The number of fused-ring (bicyclic) bond motifs is 5. The van der Waals surface area contributed by atoms with Gasteiger partial charge in [0.1, 0.15) is 116 Å². The molecule has 0 unspecified atom stereocenters. The van der Waals surface area contributed by atoms with Crippen LogP contribution < -0.4 is 0 Å². The van der Waals surface area contributed by atoms with Gasteiger partial charge in [-0.05, 0) is 87.4 Å². The molecule has 10 rings (SSSR count). The molecule has 0 bridgehead atoms. The third-order valence-electron chi connectivity index (χ3n) is 22.6. The van der Waals surface area contributed by atoms with E-state index in [0.29, 0.717) is 32.1 Å². The van der Waals surface area contributed by atoms with Crippen molar-refractivity contribution in [3.05, 3.63) is 11.1 Å². The van der Waals surface area contributed by atoms with Gasteiger partial charge in [-0.2, -0.15) is 0 Å². The molecule has 494 valence electrons. The van der Waals surface area contributed by atoms with Gasteiger partial charge in [-0.15, -0.1) is 0 Å². The van der Waals surface area contributed by atoms with Crippen molar-refractivity contribution in [1.29, 1.82) is 0 Å². The van der Waals surface area contributed by atoms with Gasteiger partial charge in [0.05, 0.1) is 57.5 Å². The van der Waals surface area contributed by atoms with E-state index in [-0.39, 0.29) is 34.9 Å². The molecule has 10 aliphatic rings. The quantitative estimate of drug-likeness (QED) is 0.0609. The third-order valence-corrected chi connectivity index (χ3v) is 22.6. The molecule has 86 heavy (non-hydrogen) atoms. The minimum absolute atomic E-state index is 0.129. The molecule has 6 heterocycles. The predicted octanol–water partition coefficient (Wildman–Crippen LogP) is -4.64. The van der Waals surface area contributed by atoms with Gasteiger partial charge < -0.3 is 134 Å². The minimum Gasteiger partial charge on any atom is -0.396 e. The number of carbonyl (C=O) groups excluding carboxylic acids is 1. The lowest BCUT2D eigenvalue weighted by atomic mass is 9.42. The maximum Gasteiger partial charge on any atom is 0.187 e. The fraction of sp³-hybridized carbons (Fsp3) is 0.948. The Hall–Kier alpha value is -1.67. The summed E-state index contributed by atoms with van der Waals surface area (Å²) < 4.78 is 67.1. The summed E-state index contributed by atoms with van der Waals surface area (Å²) in [5.41, 5.74) is -0.0221. The fourth-order valence-electron chi connectivity index (χ4n) is 17.2. The summed E-state index contributed by atoms with van der Waals surface area (Å²) in [6.07, 6.45) is -38.6. The van der Waals surface area contributed by atoms with E-state index in [4.69, 9.17) is 52.1 Å². The van der Waals surface area contributed by atoms with Crippen molar-refractivity contribution >= 4 is 5.78 Å². The zero-order chi connectivity index (χ0) is 62.5. The lowest BCUT2D eigenvalue weighted by Crippen LogP contribution is -2.68. The van der Waals surface area contributed by atoms with Crippen LogP contribution in [0.2, 0.25) is 0 Å². The molecular weight excluding hydrogens is 1140 g/mol. The molecule has 32 atom stereocenters. The molecule has 4 aliphatic carbocycles. The van der Waals surface area contributed by atoms with E-state index in [1.165, 1.54) is 18.1 Å². The number of hydrogen-bond acceptors (Lipinski definition) is 28. The molecule has 1 spiro atoms. The Kier molecular flexibility index (Phi) is 20.1. The first-order chi connectivity index (χ1) is 40.7. The van der Waals surface area contributed by atoms with Crippen LogP contribution in [0.4, 0.5) is 0 Å². The molecule has 2 saturated carbocycles. The summed E-state index contributed by atoms with van der Waals surface area (Å²) in [7, 11) is 0. The summed E-state index contributed by atoms with van der Waals surface area (Å²) in [5.74, 6) is -0.000538. The van der Waals surface area contributed by atoms with Gasteiger partial charge in [-0.25, -0.2) is 0 Å². The first-order valence-corrected chi connectivity index (χ1v) is 30.7. The molecular formula is C58H94O28. The number of Topliss-reactive ketones (excluding diaryl/α,β-unsaturated/α-hetero) is 1. The number of allylic oxidation sites excluding steroid dienone is 2. The maximum absolute atomic E-state index is 13.0. The largest absolute Gasteiger partial charge is 0.396 e. The third kappa shape index (κ3) is 10.9. The molecule has 0 aromatic rings. The van der Waals surface area contributed by atoms with Crippen molar-refractivity contribution in [2.24, 2.45) is 33.5 Å². The van der Waals surface area contributed by atoms with Crippen molar-refractivity contribution in [3.8, 4) is 0 Å². The van der Waals surface area contributed by atoms with Crippen LogP contribution in [0.15, 0.2) is 11.1 Å². The monoisotopic (exact) mass is 1240 g/mol. The average molecular weight is 1240 g/mol. The number of rotatable bonds is 17. The molecule has 28 heteroatoms. The maximum atomic E-state index is 13.0. The van der Waals surface area contributed by atoms with Gasteiger partial charge in [-0.1, -0.05) is 45.8 Å². The number of aliphatic hydroxyl groups excluding tert-OH is 16. The average Bonchev–Trinajstić information content (AvgIpc) is 1.42. The van der Waals surface area contributed by atoms with Gasteiger partial charge in [-0.3, -0.25) is 4.79 Å². The standard InChI is InChI=1S/C58H94O28/c1-7-27(63)29-16-23(2)58(86-29)15-14-55(5)26-8-9-33-54(4,25(26)10-13-56(55,58)6)12-11-34(57(33,21-61)22-62)82-50-44(74)42(72)38(68)32(81-50)20-77-52-47(36(66)28(64)19-76-52)84-53-48(85-49-43(73)40(70)35(65)24(3)78-49)46(39(69)31(18-60)80-53)83-51-45(75)41(71)37(67)30(17-59)79-51/h23-24,28-53,59-62,64-75H,7-22H2,1-6H3/t23-,24+,28+,29+,30-,31-,32-,33-,34+,35+,36+,37-,38-,39-,40-,41+,42+,43-,44-,45-,46+,47+,48-,49+,50+,51+,52+,53+,54-,55+,56+,58+/m1/s1. The first kappa shape index (κ1) is 67.2. The summed E-state index contributed by atoms with van der Waals surface area (Å²) in [5, 5.41) is 176. The second-order valence-corrected chi connectivity index (χ2v) is 26.8. The number of ketones is 1. The number of carbonyl (C=O) groups is 1. The Morgan fingerprint density at radius 3 is 1.77 bits per heavy atom. The molecule has 0 amide bonds. The zero-order valence-corrected chi connectivity index (χ0v) is 49.5. The van der Waals surface area contributed by atoms with E-state index in [2.05, 4.69) is 27.7 Å². The van der Waals surface area contributed by atoms with Gasteiger partial charge in [0.15, 0.2) is 37.2 Å². The van der Waals surface area contributed by atoms with Gasteiger partial charge >= 0.3 is 0 Å². The molecule has 28 nitrogen and oxygen atoms in total. The minimum atomic E-state index is -2.06.